The molecule has 0 aliphatic rings. The molecule has 0 heterocycles. The van der Waals surface area contributed by atoms with Gasteiger partial charge in [-0.25, -0.2) is 0 Å². The third-order valence-electron chi connectivity index (χ3n) is 0. The molecule has 0 spiro atoms. The van der Waals surface area contributed by atoms with Crippen LogP contribution in [0.3, 0.4) is 0 Å². The van der Waals surface area contributed by atoms with Crippen molar-refractivity contribution in [3.63, 3.8) is 0 Å². The molecule has 0 saturated heterocycles. The second-order valence-electron chi connectivity index (χ2n) is 0. The summed E-state index contributed by atoms with van der Waals surface area (Å²) in [4.78, 5) is 0. The molecule has 0 aromatic heterocycles. The van der Waals surface area contributed by atoms with Gasteiger partial charge in [0.1, 0.15) is 0 Å². The summed E-state index contributed by atoms with van der Waals surface area (Å²) in [5, 5.41) is 0. The Labute approximate surface area is 107 Å². The van der Waals surface area contributed by atoms with Crippen molar-refractivity contribution < 1.29 is 110 Å². The molecule has 0 aliphatic heterocycles. The Morgan fingerprint density at radius 3 is 0.600 bits per heavy atom. The van der Waals surface area contributed by atoms with Gasteiger partial charge in [-0.15, -0.1) is 0 Å². The molecule has 0 aliphatic carbocycles. The fourth-order valence-electron chi connectivity index (χ4n) is 0. The zero-order valence-corrected chi connectivity index (χ0v) is 5.27. The summed E-state index contributed by atoms with van der Waals surface area (Å²) >= 11 is 0. The van der Waals surface area contributed by atoms with Crippen LogP contribution in [0.2, 0.25) is 0 Å². The molecule has 0 atom stereocenters. The maximum atomic E-state index is 0. The average molecular weight is 396 g/mol. The molecule has 2 N–H and O–H groups in total. The van der Waals surface area contributed by atoms with Gasteiger partial charge in [-0.2, -0.15) is 0 Å². The summed E-state index contributed by atoms with van der Waals surface area (Å²) in [6, 6.07) is 0. The van der Waals surface area contributed by atoms with Crippen LogP contribution >= 0.6 is 0 Å². The first kappa shape index (κ1) is 44.5. The summed E-state index contributed by atoms with van der Waals surface area (Å²) in [6.45, 7) is 0. The summed E-state index contributed by atoms with van der Waals surface area (Å²) in [7, 11) is 0. The van der Waals surface area contributed by atoms with E-state index in [1.807, 2.05) is 0 Å². The zero-order valence-electron chi connectivity index (χ0n) is 1.84. The van der Waals surface area contributed by atoms with Crippen LogP contribution < -0.4 is 0 Å². The van der Waals surface area contributed by atoms with Crippen LogP contribution in [0.5, 0.6) is 0 Å². The molecule has 0 amide bonds. The van der Waals surface area contributed by atoms with E-state index in [-0.39, 0.29) is 110 Å². The number of hydrogen-bond donors (Lipinski definition) is 0. The number of hydrogen-bond acceptors (Lipinski definition) is 2. The van der Waals surface area contributed by atoms with Gasteiger partial charge < -0.3 is 16.4 Å². The van der Waals surface area contributed by atoms with Gasteiger partial charge in [0, 0.05) is 93.8 Å². The Morgan fingerprint density at radius 1 is 0.600 bits per heavy atom. The van der Waals surface area contributed by atoms with E-state index < -0.39 is 0 Å². The minimum Gasteiger partial charge on any atom is -2.00 e. The van der Waals surface area contributed by atoms with Crippen LogP contribution in [0.4, 0.5) is 0 Å². The van der Waals surface area contributed by atoms with Crippen molar-refractivity contribution in [1.82, 2.24) is 0 Å². The molecule has 0 radical (unpaired) electrons. The standard InChI is InChI=1S/2H2O.O.2Yb/h2*1H2;;;/q;;-2;;/p-2. The molecule has 52 valence electrons. The van der Waals surface area contributed by atoms with E-state index in [0.29, 0.717) is 0 Å². The Kier molecular flexibility index (Phi) is 253. The van der Waals surface area contributed by atoms with Crippen molar-refractivity contribution in [3.05, 3.63) is 0 Å². The largest absolute Gasteiger partial charge is 2.00 e. The normalized spacial score (nSPS) is 0. The van der Waals surface area contributed by atoms with Crippen LogP contribution in [0.1, 0.15) is 0 Å². The predicted molar refractivity (Wildman–Crippen MR) is 4.56 cm³/mol. The van der Waals surface area contributed by atoms with E-state index >= 15 is 0 Å². The minimum atomic E-state index is 0. The monoisotopic (exact) mass is 398 g/mol. The molecular weight excluding hydrogens is 394 g/mol. The maximum absolute atomic E-state index is 0. The molecule has 0 aromatic carbocycles. The molecule has 0 aromatic rings. The molecule has 5 heavy (non-hydrogen) atoms. The summed E-state index contributed by atoms with van der Waals surface area (Å²) in [5.74, 6) is 0. The Bertz CT molecular complexity index is 4.85. The maximum Gasteiger partial charge on any atom is 0 e. The van der Waals surface area contributed by atoms with Gasteiger partial charge in [0.25, 0.3) is 0 Å². The van der Waals surface area contributed by atoms with Gasteiger partial charge >= 0.3 is 0 Å². The van der Waals surface area contributed by atoms with Crippen molar-refractivity contribution in [2.45, 2.75) is 0 Å². The minimum absolute atomic E-state index is 0. The van der Waals surface area contributed by atoms with Crippen molar-refractivity contribution in [3.8, 4) is 0 Å². The fraction of sp³-hybridized carbons (Fsp3) is 0. The van der Waals surface area contributed by atoms with Gasteiger partial charge in [-0.1, -0.05) is 0 Å². The first-order valence-corrected chi connectivity index (χ1v) is 0. The Hall–Kier alpha value is 2.92. The van der Waals surface area contributed by atoms with Crippen LogP contribution in [-0.2, 0) is 5.48 Å². The first-order valence-electron chi connectivity index (χ1n) is 0. The smallest absolute Gasteiger partial charge is 0 e. The number of rotatable bonds is 0. The van der Waals surface area contributed by atoms with E-state index in [4.69, 9.17) is 0 Å². The summed E-state index contributed by atoms with van der Waals surface area (Å²) in [5.41, 5.74) is 0. The van der Waals surface area contributed by atoms with Gasteiger partial charge in [0.15, 0.2) is 0 Å². The second kappa shape index (κ2) is 28.4. The van der Waals surface area contributed by atoms with Crippen LogP contribution in [0.15, 0.2) is 0 Å². The fourth-order valence-corrected chi connectivity index (χ4v) is 0. The van der Waals surface area contributed by atoms with Gasteiger partial charge in [-0.3, -0.25) is 0 Å². The van der Waals surface area contributed by atoms with Crippen molar-refractivity contribution in [2.75, 3.05) is 0 Å². The molecule has 3 nitrogen and oxygen atoms in total. The molecule has 0 rings (SSSR count). The molecular formula is H2O3Yb2-4. The van der Waals surface area contributed by atoms with Crippen molar-refractivity contribution in [2.24, 2.45) is 0 Å². The van der Waals surface area contributed by atoms with E-state index in [1.165, 1.54) is 0 Å². The molecule has 0 saturated carbocycles. The SMILES string of the molecule is [O-2].[OH-].[OH-].[Yb].[Yb]. The van der Waals surface area contributed by atoms with Crippen molar-refractivity contribution >= 4 is 0 Å². The summed E-state index contributed by atoms with van der Waals surface area (Å²) in [6.07, 6.45) is 0. The van der Waals surface area contributed by atoms with Crippen LogP contribution in [0, 0.1) is 93.8 Å². The second-order valence-corrected chi connectivity index (χ2v) is 0. The Morgan fingerprint density at radius 2 is 0.600 bits per heavy atom. The molecule has 0 bridgehead atoms. The van der Waals surface area contributed by atoms with E-state index in [9.17, 15) is 0 Å². The van der Waals surface area contributed by atoms with E-state index in [2.05, 4.69) is 0 Å². The van der Waals surface area contributed by atoms with Gasteiger partial charge in [0.2, 0.25) is 0 Å². The van der Waals surface area contributed by atoms with Crippen LogP contribution in [0.25, 0.3) is 0 Å². The quantitative estimate of drug-likeness (QED) is 0.554. The molecule has 0 fully saturated rings. The molecule has 5 heteroatoms. The summed E-state index contributed by atoms with van der Waals surface area (Å²) < 4.78 is 0. The first-order chi connectivity index (χ1) is 0. The Balaban J connectivity index is 0. The third kappa shape index (κ3) is 19.6. The van der Waals surface area contributed by atoms with Gasteiger partial charge in [0.05, 0.1) is 0 Å². The molecule has 0 unspecified atom stereocenters. The average Bonchev–Trinajstić information content (AvgIpc) is 0. The van der Waals surface area contributed by atoms with Crippen molar-refractivity contribution in [1.29, 1.82) is 0 Å². The third-order valence-corrected chi connectivity index (χ3v) is 0. The van der Waals surface area contributed by atoms with Crippen LogP contribution in [-0.4, -0.2) is 11.0 Å². The topological polar surface area (TPSA) is 88.5 Å². The van der Waals surface area contributed by atoms with Gasteiger partial charge in [-0.05, 0) is 0 Å². The van der Waals surface area contributed by atoms with E-state index in [0.717, 1.165) is 0 Å². The predicted octanol–water partition coefficient (Wildman–Crippen LogP) is -0.472. The van der Waals surface area contributed by atoms with E-state index in [1.54, 1.807) is 0 Å². The zero-order chi connectivity index (χ0) is 0.